The highest BCUT2D eigenvalue weighted by Gasteiger charge is 2.36. The van der Waals surface area contributed by atoms with Gasteiger partial charge in [0.15, 0.2) is 0 Å². The van der Waals surface area contributed by atoms with Crippen LogP contribution in [0.15, 0.2) is 24.3 Å². The van der Waals surface area contributed by atoms with Crippen LogP contribution in [0.25, 0.3) is 0 Å². The van der Waals surface area contributed by atoms with Crippen LogP contribution in [-0.4, -0.2) is 41.6 Å². The first-order valence-electron chi connectivity index (χ1n) is 7.99. The van der Waals surface area contributed by atoms with E-state index in [9.17, 15) is 14.7 Å². The topological polar surface area (TPSA) is 81.7 Å². The maximum absolute atomic E-state index is 12.2. The van der Waals surface area contributed by atoms with Crippen LogP contribution in [0.1, 0.15) is 37.7 Å². The Hall–Kier alpha value is -2.08. The Morgan fingerprint density at radius 3 is 2.57 bits per heavy atom. The first-order valence-corrected chi connectivity index (χ1v) is 7.99. The maximum atomic E-state index is 12.2. The average molecular weight is 319 g/mol. The summed E-state index contributed by atoms with van der Waals surface area (Å²) >= 11 is 0. The van der Waals surface area contributed by atoms with Crippen molar-refractivity contribution in [1.82, 2.24) is 10.2 Å². The van der Waals surface area contributed by atoms with E-state index in [-0.39, 0.29) is 11.9 Å². The third kappa shape index (κ3) is 4.69. The van der Waals surface area contributed by atoms with Crippen LogP contribution < -0.4 is 10.6 Å². The van der Waals surface area contributed by atoms with Gasteiger partial charge in [0.1, 0.15) is 5.60 Å². The number of hydrogen-bond donors (Lipinski definition) is 3. The van der Waals surface area contributed by atoms with E-state index in [4.69, 9.17) is 0 Å². The van der Waals surface area contributed by atoms with E-state index in [0.29, 0.717) is 25.1 Å². The minimum atomic E-state index is -1.23. The zero-order chi connectivity index (χ0) is 16.9. The molecule has 126 valence electrons. The molecule has 0 aliphatic heterocycles. The highest BCUT2D eigenvalue weighted by Crippen LogP contribution is 2.28. The van der Waals surface area contributed by atoms with E-state index in [1.807, 2.05) is 18.2 Å². The molecule has 0 unspecified atom stereocenters. The lowest BCUT2D eigenvalue weighted by molar-refractivity contribution is -0.143. The summed E-state index contributed by atoms with van der Waals surface area (Å²) in [5.74, 6) is -0.306. The molecule has 3 amide bonds. The molecule has 1 aliphatic carbocycles. The lowest BCUT2D eigenvalue weighted by Gasteiger charge is -2.30. The van der Waals surface area contributed by atoms with Gasteiger partial charge in [-0.25, -0.2) is 4.79 Å². The highest BCUT2D eigenvalue weighted by atomic mass is 16.3. The molecular formula is C17H25N3O3. The largest absolute Gasteiger partial charge is 0.380 e. The van der Waals surface area contributed by atoms with Gasteiger partial charge in [-0.1, -0.05) is 31.4 Å². The Kier molecular flexibility index (Phi) is 5.60. The second-order valence-electron chi connectivity index (χ2n) is 6.30. The number of carbonyl (C=O) groups excluding carboxylic acids is 2. The summed E-state index contributed by atoms with van der Waals surface area (Å²) in [7, 11) is 3.34. The Morgan fingerprint density at radius 2 is 1.91 bits per heavy atom. The van der Waals surface area contributed by atoms with Crippen molar-refractivity contribution in [3.63, 3.8) is 0 Å². The van der Waals surface area contributed by atoms with Crippen molar-refractivity contribution in [3.8, 4) is 0 Å². The van der Waals surface area contributed by atoms with Gasteiger partial charge < -0.3 is 20.6 Å². The number of carbonyl (C=O) groups is 2. The average Bonchev–Trinajstić information content (AvgIpc) is 2.53. The molecule has 0 aromatic heterocycles. The second kappa shape index (κ2) is 7.46. The third-order valence-electron chi connectivity index (χ3n) is 4.14. The first-order chi connectivity index (χ1) is 10.9. The molecule has 6 nitrogen and oxygen atoms in total. The van der Waals surface area contributed by atoms with Crippen LogP contribution in [0.4, 0.5) is 10.5 Å². The van der Waals surface area contributed by atoms with Gasteiger partial charge in [-0.2, -0.15) is 0 Å². The zero-order valence-corrected chi connectivity index (χ0v) is 13.8. The summed E-state index contributed by atoms with van der Waals surface area (Å²) < 4.78 is 0. The third-order valence-corrected chi connectivity index (χ3v) is 4.14. The number of nitrogens with zero attached hydrogens (tertiary/aromatic N) is 1. The quantitative estimate of drug-likeness (QED) is 0.795. The van der Waals surface area contributed by atoms with E-state index in [1.165, 1.54) is 4.90 Å². The van der Waals surface area contributed by atoms with Crippen LogP contribution in [0.2, 0.25) is 0 Å². The Balaban J connectivity index is 1.93. The number of aliphatic hydroxyl groups is 1. The van der Waals surface area contributed by atoms with Crippen molar-refractivity contribution in [2.45, 2.75) is 44.2 Å². The molecular weight excluding hydrogens is 294 g/mol. The Labute approximate surface area is 136 Å². The molecule has 0 radical (unpaired) electrons. The van der Waals surface area contributed by atoms with Crippen molar-refractivity contribution in [1.29, 1.82) is 0 Å². The van der Waals surface area contributed by atoms with Crippen LogP contribution in [0, 0.1) is 0 Å². The molecule has 23 heavy (non-hydrogen) atoms. The lowest BCUT2D eigenvalue weighted by Crippen LogP contribution is -2.47. The fourth-order valence-corrected chi connectivity index (χ4v) is 2.70. The van der Waals surface area contributed by atoms with Gasteiger partial charge in [-0.3, -0.25) is 4.79 Å². The van der Waals surface area contributed by atoms with Crippen molar-refractivity contribution >= 4 is 17.6 Å². The number of rotatable bonds is 4. The maximum Gasteiger partial charge on any atom is 0.321 e. The van der Waals surface area contributed by atoms with Crippen molar-refractivity contribution in [2.75, 3.05) is 19.4 Å². The number of benzene rings is 1. The molecule has 3 N–H and O–H groups in total. The lowest BCUT2D eigenvalue weighted by atomic mass is 9.84. The van der Waals surface area contributed by atoms with Crippen molar-refractivity contribution in [2.24, 2.45) is 0 Å². The van der Waals surface area contributed by atoms with Crippen molar-refractivity contribution in [3.05, 3.63) is 29.8 Å². The first kappa shape index (κ1) is 17.3. The summed E-state index contributed by atoms with van der Waals surface area (Å²) in [6.45, 7) is 0.326. The van der Waals surface area contributed by atoms with E-state index in [2.05, 4.69) is 10.6 Å². The van der Waals surface area contributed by atoms with Gasteiger partial charge in [-0.15, -0.1) is 0 Å². The second-order valence-corrected chi connectivity index (χ2v) is 6.30. The molecule has 0 bridgehead atoms. The van der Waals surface area contributed by atoms with Crippen LogP contribution in [-0.2, 0) is 11.3 Å². The number of urea groups is 1. The van der Waals surface area contributed by atoms with Gasteiger partial charge in [0.25, 0.3) is 5.91 Å². The van der Waals surface area contributed by atoms with E-state index < -0.39 is 5.60 Å². The van der Waals surface area contributed by atoms with Gasteiger partial charge in [-0.05, 0) is 30.5 Å². The standard InChI is InChI=1S/C17H25N3O3/c1-20(2)16(22)19-14-8-6-7-13(11-14)12-18-15(21)17(23)9-4-3-5-10-17/h6-8,11,23H,3-5,9-10,12H2,1-2H3,(H,18,21)(H,19,22). The van der Waals surface area contributed by atoms with Gasteiger partial charge in [0.05, 0.1) is 0 Å². The normalized spacial score (nSPS) is 16.5. The number of hydrogen-bond acceptors (Lipinski definition) is 3. The van der Waals surface area contributed by atoms with E-state index in [0.717, 1.165) is 24.8 Å². The minimum absolute atomic E-state index is 0.206. The summed E-state index contributed by atoms with van der Waals surface area (Å²) in [6.07, 6.45) is 3.89. The number of nitrogens with one attached hydrogen (secondary N) is 2. The molecule has 1 fully saturated rings. The molecule has 0 atom stereocenters. The fourth-order valence-electron chi connectivity index (χ4n) is 2.70. The Morgan fingerprint density at radius 1 is 1.22 bits per heavy atom. The molecule has 0 heterocycles. The molecule has 1 saturated carbocycles. The molecule has 2 rings (SSSR count). The van der Waals surface area contributed by atoms with Gasteiger partial charge in [0.2, 0.25) is 0 Å². The molecule has 0 saturated heterocycles. The number of anilines is 1. The minimum Gasteiger partial charge on any atom is -0.380 e. The monoisotopic (exact) mass is 319 g/mol. The van der Waals surface area contributed by atoms with E-state index >= 15 is 0 Å². The van der Waals surface area contributed by atoms with Gasteiger partial charge >= 0.3 is 6.03 Å². The molecule has 0 spiro atoms. The molecule has 1 aliphatic rings. The summed E-state index contributed by atoms with van der Waals surface area (Å²) in [5, 5.41) is 15.9. The SMILES string of the molecule is CN(C)C(=O)Nc1cccc(CNC(=O)C2(O)CCCCC2)c1. The van der Waals surface area contributed by atoms with Crippen LogP contribution in [0.3, 0.4) is 0 Å². The summed E-state index contributed by atoms with van der Waals surface area (Å²) in [6, 6.07) is 7.09. The zero-order valence-electron chi connectivity index (χ0n) is 13.8. The molecule has 1 aromatic rings. The predicted molar refractivity (Wildman–Crippen MR) is 89.0 cm³/mol. The van der Waals surface area contributed by atoms with Gasteiger partial charge in [0, 0.05) is 26.3 Å². The van der Waals surface area contributed by atoms with E-state index in [1.54, 1.807) is 20.2 Å². The fraction of sp³-hybridized carbons (Fsp3) is 0.529. The summed E-state index contributed by atoms with van der Waals surface area (Å²) in [4.78, 5) is 25.3. The Bertz CT molecular complexity index is 566. The predicted octanol–water partition coefficient (Wildman–Crippen LogP) is 2.09. The highest BCUT2D eigenvalue weighted by molar-refractivity contribution is 5.89. The smallest absolute Gasteiger partial charge is 0.321 e. The van der Waals surface area contributed by atoms with Crippen LogP contribution in [0.5, 0.6) is 0 Å². The van der Waals surface area contributed by atoms with Crippen LogP contribution >= 0.6 is 0 Å². The molecule has 6 heteroatoms. The molecule has 1 aromatic carbocycles. The summed E-state index contributed by atoms with van der Waals surface area (Å²) in [5.41, 5.74) is 0.316. The number of amides is 3. The van der Waals surface area contributed by atoms with Crippen molar-refractivity contribution < 1.29 is 14.7 Å².